The number of carbonyl (C=O) groups is 1. The Morgan fingerprint density at radius 3 is 2.46 bits per heavy atom. The van der Waals surface area contributed by atoms with E-state index < -0.39 is 23.3 Å². The second-order valence-corrected chi connectivity index (χ2v) is 5.77. The number of nitrogens with two attached hydrogens (primary N) is 1. The van der Waals surface area contributed by atoms with Crippen LogP contribution in [0.1, 0.15) is 25.5 Å². The van der Waals surface area contributed by atoms with Crippen molar-refractivity contribution in [1.29, 1.82) is 5.26 Å². The van der Waals surface area contributed by atoms with Crippen LogP contribution in [0.2, 0.25) is 0 Å². The highest BCUT2D eigenvalue weighted by atomic mass is 16.5. The smallest absolute Gasteiger partial charge is 0.325 e. The fourth-order valence-corrected chi connectivity index (χ4v) is 2.38. The van der Waals surface area contributed by atoms with E-state index in [0.29, 0.717) is 5.75 Å². The van der Waals surface area contributed by atoms with Crippen LogP contribution >= 0.6 is 0 Å². The Hall–Kier alpha value is -2.91. The number of aliphatic carboxylic acids is 1. The van der Waals surface area contributed by atoms with Crippen LogP contribution in [0.4, 0.5) is 0 Å². The standard InChI is InChI=1S/C18H19N3O3/c1-12(2)18(20,17(22)23)14(11-19)15-9-6-10-16(21-15)24-13-7-4-3-5-8-13/h3-10,12,14H,20H2,1-2H3,(H,22,23). The van der Waals surface area contributed by atoms with E-state index in [1.807, 2.05) is 24.3 Å². The van der Waals surface area contributed by atoms with Crippen molar-refractivity contribution in [2.24, 2.45) is 11.7 Å². The number of hydrogen-bond acceptors (Lipinski definition) is 5. The molecular formula is C18H19N3O3. The first-order valence-corrected chi connectivity index (χ1v) is 7.51. The average Bonchev–Trinajstić information content (AvgIpc) is 2.56. The fourth-order valence-electron chi connectivity index (χ4n) is 2.38. The number of nitriles is 1. The van der Waals surface area contributed by atoms with Crippen molar-refractivity contribution in [2.45, 2.75) is 25.3 Å². The Morgan fingerprint density at radius 1 is 1.25 bits per heavy atom. The monoisotopic (exact) mass is 325 g/mol. The summed E-state index contributed by atoms with van der Waals surface area (Å²) in [5, 5.41) is 19.1. The van der Waals surface area contributed by atoms with Gasteiger partial charge in [0, 0.05) is 6.07 Å². The van der Waals surface area contributed by atoms with Crippen LogP contribution in [0.15, 0.2) is 48.5 Å². The van der Waals surface area contributed by atoms with Crippen LogP contribution in [-0.2, 0) is 4.79 Å². The van der Waals surface area contributed by atoms with Gasteiger partial charge in [-0.1, -0.05) is 38.1 Å². The molecule has 1 aromatic carbocycles. The lowest BCUT2D eigenvalue weighted by Gasteiger charge is -2.32. The predicted octanol–water partition coefficient (Wildman–Crippen LogP) is 2.92. The highest BCUT2D eigenvalue weighted by Crippen LogP contribution is 2.32. The molecule has 2 unspecified atom stereocenters. The molecule has 0 aliphatic rings. The van der Waals surface area contributed by atoms with Crippen molar-refractivity contribution < 1.29 is 14.6 Å². The van der Waals surface area contributed by atoms with Gasteiger partial charge in [-0.25, -0.2) is 4.98 Å². The van der Waals surface area contributed by atoms with Crippen LogP contribution in [-0.4, -0.2) is 21.6 Å². The molecule has 0 bridgehead atoms. The van der Waals surface area contributed by atoms with Crippen LogP contribution in [0.3, 0.4) is 0 Å². The molecule has 0 aliphatic carbocycles. The number of para-hydroxylation sites is 1. The highest BCUT2D eigenvalue weighted by Gasteiger charge is 2.47. The third-order valence-corrected chi connectivity index (χ3v) is 3.94. The molecule has 2 atom stereocenters. The fraction of sp³-hybridized carbons (Fsp3) is 0.278. The average molecular weight is 325 g/mol. The Bertz CT molecular complexity index is 756. The minimum Gasteiger partial charge on any atom is -0.480 e. The Labute approximate surface area is 140 Å². The van der Waals surface area contributed by atoms with Crippen LogP contribution in [0.5, 0.6) is 11.6 Å². The van der Waals surface area contributed by atoms with E-state index in [1.165, 1.54) is 0 Å². The Morgan fingerprint density at radius 2 is 1.92 bits per heavy atom. The first-order valence-electron chi connectivity index (χ1n) is 7.51. The first-order chi connectivity index (χ1) is 11.4. The SMILES string of the molecule is CC(C)C(N)(C(=O)O)C(C#N)c1cccc(Oc2ccccc2)n1. The molecule has 0 saturated carbocycles. The molecule has 0 spiro atoms. The zero-order chi connectivity index (χ0) is 17.7. The van der Waals surface area contributed by atoms with Crippen molar-refractivity contribution in [1.82, 2.24) is 4.98 Å². The van der Waals surface area contributed by atoms with Gasteiger partial charge < -0.3 is 15.6 Å². The van der Waals surface area contributed by atoms with Gasteiger partial charge >= 0.3 is 5.97 Å². The van der Waals surface area contributed by atoms with Gasteiger partial charge in [-0.05, 0) is 24.1 Å². The molecule has 1 aromatic heterocycles. The molecule has 24 heavy (non-hydrogen) atoms. The zero-order valence-electron chi connectivity index (χ0n) is 13.5. The summed E-state index contributed by atoms with van der Waals surface area (Å²) in [6, 6.07) is 15.9. The van der Waals surface area contributed by atoms with E-state index in [2.05, 4.69) is 4.98 Å². The predicted molar refractivity (Wildman–Crippen MR) is 88.5 cm³/mol. The molecule has 0 aliphatic heterocycles. The molecule has 6 nitrogen and oxygen atoms in total. The minimum atomic E-state index is -1.74. The lowest BCUT2D eigenvalue weighted by molar-refractivity contribution is -0.145. The Kier molecular flexibility index (Phi) is 5.17. The molecule has 0 fully saturated rings. The second kappa shape index (κ2) is 7.11. The summed E-state index contributed by atoms with van der Waals surface area (Å²) in [4.78, 5) is 16.0. The molecule has 0 amide bonds. The van der Waals surface area contributed by atoms with Crippen molar-refractivity contribution in [3.05, 3.63) is 54.2 Å². The van der Waals surface area contributed by atoms with Gasteiger partial charge in [0.05, 0.1) is 11.8 Å². The van der Waals surface area contributed by atoms with Crippen molar-refractivity contribution in [3.63, 3.8) is 0 Å². The second-order valence-electron chi connectivity index (χ2n) is 5.77. The van der Waals surface area contributed by atoms with E-state index in [0.717, 1.165) is 0 Å². The van der Waals surface area contributed by atoms with E-state index >= 15 is 0 Å². The number of carboxylic acids is 1. The topological polar surface area (TPSA) is 109 Å². The summed E-state index contributed by atoms with van der Waals surface area (Å²) in [6.07, 6.45) is 0. The lowest BCUT2D eigenvalue weighted by atomic mass is 9.75. The molecule has 3 N–H and O–H groups in total. The third-order valence-electron chi connectivity index (χ3n) is 3.94. The number of hydrogen-bond donors (Lipinski definition) is 2. The molecule has 124 valence electrons. The number of benzene rings is 1. The molecule has 0 saturated heterocycles. The molecule has 2 aromatic rings. The van der Waals surface area contributed by atoms with E-state index in [4.69, 9.17) is 10.5 Å². The number of carboxylic acid groups (broad SMARTS) is 1. The number of aromatic nitrogens is 1. The number of ether oxygens (including phenoxy) is 1. The molecule has 6 heteroatoms. The minimum absolute atomic E-state index is 0.268. The lowest BCUT2D eigenvalue weighted by Crippen LogP contribution is -2.56. The Balaban J connectivity index is 2.38. The number of nitrogens with zero attached hydrogens (tertiary/aromatic N) is 2. The summed E-state index contributed by atoms with van der Waals surface area (Å²) >= 11 is 0. The quantitative estimate of drug-likeness (QED) is 0.845. The van der Waals surface area contributed by atoms with Crippen molar-refractivity contribution >= 4 is 5.97 Å². The summed E-state index contributed by atoms with van der Waals surface area (Å²) in [5.41, 5.74) is 4.60. The van der Waals surface area contributed by atoms with Gasteiger partial charge in [0.15, 0.2) is 0 Å². The van der Waals surface area contributed by atoms with Crippen molar-refractivity contribution in [2.75, 3.05) is 0 Å². The maximum Gasteiger partial charge on any atom is 0.325 e. The van der Waals surface area contributed by atoms with Gasteiger partial charge in [-0.15, -0.1) is 0 Å². The van der Waals surface area contributed by atoms with Gasteiger partial charge in [0.1, 0.15) is 17.2 Å². The van der Waals surface area contributed by atoms with E-state index in [1.54, 1.807) is 44.2 Å². The number of rotatable bonds is 6. The maximum atomic E-state index is 11.7. The molecule has 2 rings (SSSR count). The summed E-state index contributed by atoms with van der Waals surface area (Å²) < 4.78 is 5.64. The third kappa shape index (κ3) is 3.36. The molecular weight excluding hydrogens is 306 g/mol. The van der Waals surface area contributed by atoms with Gasteiger partial charge in [-0.3, -0.25) is 4.79 Å². The largest absolute Gasteiger partial charge is 0.480 e. The maximum absolute atomic E-state index is 11.7. The van der Waals surface area contributed by atoms with Crippen LogP contribution < -0.4 is 10.5 Å². The van der Waals surface area contributed by atoms with Gasteiger partial charge in [0.2, 0.25) is 5.88 Å². The highest BCUT2D eigenvalue weighted by molar-refractivity contribution is 5.81. The molecule has 1 heterocycles. The normalized spacial score (nSPS) is 14.5. The summed E-state index contributed by atoms with van der Waals surface area (Å²) in [5.74, 6) is -1.93. The number of pyridine rings is 1. The zero-order valence-corrected chi connectivity index (χ0v) is 13.5. The molecule has 0 radical (unpaired) electrons. The summed E-state index contributed by atoms with van der Waals surface area (Å²) in [6.45, 7) is 3.34. The first kappa shape index (κ1) is 17.4. The van der Waals surface area contributed by atoms with Crippen molar-refractivity contribution in [3.8, 4) is 17.7 Å². The van der Waals surface area contributed by atoms with Crippen LogP contribution in [0.25, 0.3) is 0 Å². The van der Waals surface area contributed by atoms with Crippen LogP contribution in [0, 0.1) is 17.2 Å². The van der Waals surface area contributed by atoms with E-state index in [-0.39, 0.29) is 11.6 Å². The van der Waals surface area contributed by atoms with E-state index in [9.17, 15) is 15.2 Å². The van der Waals surface area contributed by atoms with Gasteiger partial charge in [0.25, 0.3) is 0 Å². The summed E-state index contributed by atoms with van der Waals surface area (Å²) in [7, 11) is 0. The van der Waals surface area contributed by atoms with Gasteiger partial charge in [-0.2, -0.15) is 5.26 Å².